The van der Waals surface area contributed by atoms with Crippen molar-refractivity contribution in [2.75, 3.05) is 7.05 Å². The number of carboxylic acids is 1. The molecule has 0 saturated heterocycles. The number of hydrogen-bond donors (Lipinski definition) is 1. The molecule has 0 radical (unpaired) electrons. The highest BCUT2D eigenvalue weighted by atomic mass is 16.5. The van der Waals surface area contributed by atoms with Crippen LogP contribution in [-0.2, 0) is 13.0 Å². The molecule has 2 aromatic heterocycles. The lowest BCUT2D eigenvalue weighted by Crippen LogP contribution is -2.27. The fourth-order valence-corrected chi connectivity index (χ4v) is 1.90. The fourth-order valence-electron chi connectivity index (χ4n) is 1.90. The number of pyridine rings is 1. The SMILES string of the molecule is CCc1nocc1CN(C)C(=O)c1cccc(C(=O)O)n1. The van der Waals surface area contributed by atoms with Gasteiger partial charge in [-0.1, -0.05) is 18.1 Å². The maximum absolute atomic E-state index is 12.3. The molecule has 0 aliphatic rings. The van der Waals surface area contributed by atoms with Crippen LogP contribution in [0.15, 0.2) is 29.0 Å². The summed E-state index contributed by atoms with van der Waals surface area (Å²) in [7, 11) is 1.61. The Hall–Kier alpha value is -2.70. The summed E-state index contributed by atoms with van der Waals surface area (Å²) >= 11 is 0. The maximum atomic E-state index is 12.3. The lowest BCUT2D eigenvalue weighted by atomic mass is 10.2. The first kappa shape index (κ1) is 14.7. The van der Waals surface area contributed by atoms with Crippen LogP contribution in [0.25, 0.3) is 0 Å². The van der Waals surface area contributed by atoms with Gasteiger partial charge < -0.3 is 14.5 Å². The number of carbonyl (C=O) groups excluding carboxylic acids is 1. The Morgan fingerprint density at radius 1 is 1.33 bits per heavy atom. The third-order valence-electron chi connectivity index (χ3n) is 3.00. The Morgan fingerprint density at radius 3 is 2.71 bits per heavy atom. The van der Waals surface area contributed by atoms with E-state index < -0.39 is 5.97 Å². The standard InChI is InChI=1S/C14H15N3O4/c1-3-10-9(8-21-16-10)7-17(2)13(18)11-5-4-6-12(15-11)14(19)20/h4-6,8H,3,7H2,1-2H3,(H,19,20). The summed E-state index contributed by atoms with van der Waals surface area (Å²) in [6.45, 7) is 2.27. The van der Waals surface area contributed by atoms with Crippen LogP contribution >= 0.6 is 0 Å². The molecular weight excluding hydrogens is 274 g/mol. The van der Waals surface area contributed by atoms with Gasteiger partial charge in [0.05, 0.1) is 12.2 Å². The number of nitrogens with zero attached hydrogens (tertiary/aromatic N) is 3. The topological polar surface area (TPSA) is 96.5 Å². The van der Waals surface area contributed by atoms with Gasteiger partial charge in [0.1, 0.15) is 17.7 Å². The molecule has 0 saturated carbocycles. The number of aryl methyl sites for hydroxylation is 1. The third-order valence-corrected chi connectivity index (χ3v) is 3.00. The van der Waals surface area contributed by atoms with Crippen molar-refractivity contribution in [3.05, 3.63) is 47.1 Å². The number of rotatable bonds is 5. The van der Waals surface area contributed by atoms with Gasteiger partial charge >= 0.3 is 5.97 Å². The van der Waals surface area contributed by atoms with Gasteiger partial charge in [-0.3, -0.25) is 4.79 Å². The van der Waals surface area contributed by atoms with E-state index in [1.54, 1.807) is 7.05 Å². The van der Waals surface area contributed by atoms with Crippen LogP contribution in [-0.4, -0.2) is 39.1 Å². The first-order valence-electron chi connectivity index (χ1n) is 6.40. The Balaban J connectivity index is 2.16. The van der Waals surface area contributed by atoms with Gasteiger partial charge in [0.2, 0.25) is 0 Å². The highest BCUT2D eigenvalue weighted by molar-refractivity contribution is 5.94. The second-order valence-electron chi connectivity index (χ2n) is 4.51. The smallest absolute Gasteiger partial charge is 0.354 e. The fraction of sp³-hybridized carbons (Fsp3) is 0.286. The summed E-state index contributed by atoms with van der Waals surface area (Å²) in [6.07, 6.45) is 2.21. The number of aromatic carboxylic acids is 1. The first-order valence-corrected chi connectivity index (χ1v) is 6.40. The van der Waals surface area contributed by atoms with Gasteiger partial charge in [-0.25, -0.2) is 9.78 Å². The summed E-state index contributed by atoms with van der Waals surface area (Å²) < 4.78 is 4.89. The zero-order valence-corrected chi connectivity index (χ0v) is 11.7. The molecule has 7 heteroatoms. The van der Waals surface area contributed by atoms with E-state index in [9.17, 15) is 9.59 Å². The molecule has 21 heavy (non-hydrogen) atoms. The largest absolute Gasteiger partial charge is 0.477 e. The van der Waals surface area contributed by atoms with Gasteiger partial charge in [-0.2, -0.15) is 0 Å². The molecule has 7 nitrogen and oxygen atoms in total. The van der Waals surface area contributed by atoms with Gasteiger partial charge in [0, 0.05) is 12.6 Å². The van der Waals surface area contributed by atoms with E-state index in [0.717, 1.165) is 11.3 Å². The molecule has 0 atom stereocenters. The molecule has 0 bridgehead atoms. The van der Waals surface area contributed by atoms with Crippen molar-refractivity contribution in [1.82, 2.24) is 15.0 Å². The van der Waals surface area contributed by atoms with Crippen molar-refractivity contribution in [3.8, 4) is 0 Å². The number of aromatic nitrogens is 2. The van der Waals surface area contributed by atoms with Crippen molar-refractivity contribution in [2.24, 2.45) is 0 Å². The highest BCUT2D eigenvalue weighted by Crippen LogP contribution is 2.12. The van der Waals surface area contributed by atoms with E-state index in [-0.39, 0.29) is 17.3 Å². The molecule has 0 aliphatic heterocycles. The van der Waals surface area contributed by atoms with Gasteiger partial charge in [0.15, 0.2) is 0 Å². The second kappa shape index (κ2) is 6.17. The van der Waals surface area contributed by atoms with Crippen molar-refractivity contribution < 1.29 is 19.2 Å². The molecule has 2 heterocycles. The number of carbonyl (C=O) groups is 2. The normalized spacial score (nSPS) is 10.4. The molecule has 2 rings (SSSR count). The van der Waals surface area contributed by atoms with Crippen molar-refractivity contribution in [3.63, 3.8) is 0 Å². The van der Waals surface area contributed by atoms with Crippen LogP contribution in [0, 0.1) is 0 Å². The monoisotopic (exact) mass is 289 g/mol. The van der Waals surface area contributed by atoms with Crippen LogP contribution in [0.2, 0.25) is 0 Å². The van der Waals surface area contributed by atoms with Gasteiger partial charge in [-0.05, 0) is 18.6 Å². The van der Waals surface area contributed by atoms with Gasteiger partial charge in [0.25, 0.3) is 5.91 Å². The molecule has 1 N–H and O–H groups in total. The minimum absolute atomic E-state index is 0.0897. The number of amides is 1. The lowest BCUT2D eigenvalue weighted by molar-refractivity contribution is 0.0690. The molecule has 0 aliphatic carbocycles. The minimum Gasteiger partial charge on any atom is -0.477 e. The molecule has 110 valence electrons. The lowest BCUT2D eigenvalue weighted by Gasteiger charge is -2.16. The number of carboxylic acid groups (broad SMARTS) is 1. The predicted octanol–water partition coefficient (Wildman–Crippen LogP) is 1.60. The maximum Gasteiger partial charge on any atom is 0.354 e. The van der Waals surface area contributed by atoms with Crippen LogP contribution in [0.4, 0.5) is 0 Å². The van der Waals surface area contributed by atoms with Crippen molar-refractivity contribution in [1.29, 1.82) is 0 Å². The van der Waals surface area contributed by atoms with Crippen molar-refractivity contribution in [2.45, 2.75) is 19.9 Å². The molecule has 0 unspecified atom stereocenters. The second-order valence-corrected chi connectivity index (χ2v) is 4.51. The summed E-state index contributed by atoms with van der Waals surface area (Å²) in [5.41, 5.74) is 1.55. The van der Waals surface area contributed by atoms with E-state index in [2.05, 4.69) is 10.1 Å². The van der Waals surface area contributed by atoms with Crippen LogP contribution < -0.4 is 0 Å². The van der Waals surface area contributed by atoms with E-state index in [0.29, 0.717) is 13.0 Å². The summed E-state index contributed by atoms with van der Waals surface area (Å²) in [4.78, 5) is 28.4. The summed E-state index contributed by atoms with van der Waals surface area (Å²) in [5, 5.41) is 12.7. The Labute approximate surface area is 121 Å². The van der Waals surface area contributed by atoms with Crippen molar-refractivity contribution >= 4 is 11.9 Å². The average Bonchev–Trinajstić information content (AvgIpc) is 2.93. The first-order chi connectivity index (χ1) is 10.0. The molecule has 0 spiro atoms. The third kappa shape index (κ3) is 3.25. The molecule has 1 amide bonds. The van der Waals surface area contributed by atoms with Crippen LogP contribution in [0.1, 0.15) is 39.2 Å². The Kier molecular flexibility index (Phi) is 4.32. The highest BCUT2D eigenvalue weighted by Gasteiger charge is 2.17. The van der Waals surface area contributed by atoms with Gasteiger partial charge in [-0.15, -0.1) is 0 Å². The minimum atomic E-state index is -1.17. The zero-order valence-electron chi connectivity index (χ0n) is 11.7. The molecule has 2 aromatic rings. The predicted molar refractivity (Wildman–Crippen MR) is 72.9 cm³/mol. The summed E-state index contributed by atoms with van der Waals surface area (Å²) in [5.74, 6) is -1.53. The van der Waals surface area contributed by atoms with Crippen LogP contribution in [0.3, 0.4) is 0 Å². The zero-order chi connectivity index (χ0) is 15.4. The number of hydrogen-bond acceptors (Lipinski definition) is 5. The van der Waals surface area contributed by atoms with E-state index in [4.69, 9.17) is 9.63 Å². The Morgan fingerprint density at radius 2 is 2.05 bits per heavy atom. The van der Waals surface area contributed by atoms with E-state index in [1.807, 2.05) is 6.92 Å². The molecule has 0 aromatic carbocycles. The molecular formula is C14H15N3O4. The molecule has 0 fully saturated rings. The average molecular weight is 289 g/mol. The quantitative estimate of drug-likeness (QED) is 0.898. The van der Waals surface area contributed by atoms with E-state index >= 15 is 0 Å². The summed E-state index contributed by atoms with van der Waals surface area (Å²) in [6, 6.07) is 4.32. The Bertz CT molecular complexity index is 666. The van der Waals surface area contributed by atoms with Crippen LogP contribution in [0.5, 0.6) is 0 Å². The van der Waals surface area contributed by atoms with E-state index in [1.165, 1.54) is 29.4 Å².